The van der Waals surface area contributed by atoms with Crippen LogP contribution < -0.4 is 5.32 Å². The summed E-state index contributed by atoms with van der Waals surface area (Å²) in [5.41, 5.74) is 0. The third-order valence-electron chi connectivity index (χ3n) is 3.58. The minimum atomic E-state index is 0.0175. The molecule has 16 heavy (non-hydrogen) atoms. The fourth-order valence-corrected chi connectivity index (χ4v) is 2.59. The zero-order valence-corrected chi connectivity index (χ0v) is 10.1. The number of ether oxygens (including phenoxy) is 1. The molecule has 0 saturated carbocycles. The van der Waals surface area contributed by atoms with Gasteiger partial charge in [-0.2, -0.15) is 0 Å². The minimum absolute atomic E-state index is 0.0175. The molecule has 4 heteroatoms. The van der Waals surface area contributed by atoms with Gasteiger partial charge in [0.15, 0.2) is 0 Å². The van der Waals surface area contributed by atoms with Gasteiger partial charge < -0.3 is 15.0 Å². The van der Waals surface area contributed by atoms with Gasteiger partial charge in [-0.1, -0.05) is 0 Å². The van der Waals surface area contributed by atoms with Crippen LogP contribution in [0.25, 0.3) is 0 Å². The van der Waals surface area contributed by atoms with Crippen LogP contribution in [0.2, 0.25) is 0 Å². The van der Waals surface area contributed by atoms with Crippen LogP contribution >= 0.6 is 0 Å². The van der Waals surface area contributed by atoms with Crippen LogP contribution in [0.4, 0.5) is 0 Å². The van der Waals surface area contributed by atoms with Gasteiger partial charge in [-0.3, -0.25) is 4.79 Å². The Morgan fingerprint density at radius 3 is 2.94 bits per heavy atom. The Kier molecular flexibility index (Phi) is 4.18. The summed E-state index contributed by atoms with van der Waals surface area (Å²) in [6.45, 7) is 2.55. The fourth-order valence-electron chi connectivity index (χ4n) is 2.59. The number of likely N-dealkylation sites (N-methyl/N-ethyl adjacent to an activating group) is 1. The monoisotopic (exact) mass is 226 g/mol. The molecule has 2 heterocycles. The number of rotatable bonds is 3. The Bertz CT molecular complexity index is 239. The first-order valence-corrected chi connectivity index (χ1v) is 6.39. The predicted molar refractivity (Wildman–Crippen MR) is 62.3 cm³/mol. The van der Waals surface area contributed by atoms with Crippen molar-refractivity contribution in [2.75, 3.05) is 26.7 Å². The third kappa shape index (κ3) is 2.74. The molecule has 1 amide bonds. The second-order valence-electron chi connectivity index (χ2n) is 4.76. The molecule has 0 aliphatic carbocycles. The average molecular weight is 226 g/mol. The summed E-state index contributed by atoms with van der Waals surface area (Å²) in [7, 11) is 1.87. The normalized spacial score (nSPS) is 31.8. The van der Waals surface area contributed by atoms with Crippen LogP contribution in [0.15, 0.2) is 0 Å². The van der Waals surface area contributed by atoms with Crippen molar-refractivity contribution in [2.45, 2.75) is 44.2 Å². The summed E-state index contributed by atoms with van der Waals surface area (Å²) in [5, 5.41) is 3.12. The summed E-state index contributed by atoms with van der Waals surface area (Å²) >= 11 is 0. The number of carbonyl (C=O) groups is 1. The van der Waals surface area contributed by atoms with Crippen LogP contribution in [0, 0.1) is 0 Å². The van der Waals surface area contributed by atoms with Crippen molar-refractivity contribution in [2.24, 2.45) is 0 Å². The number of likely N-dealkylation sites (tertiary alicyclic amines) is 1. The van der Waals surface area contributed by atoms with E-state index in [1.165, 1.54) is 0 Å². The highest BCUT2D eigenvalue weighted by atomic mass is 16.5. The van der Waals surface area contributed by atoms with Crippen molar-refractivity contribution in [3.63, 3.8) is 0 Å². The first-order valence-electron chi connectivity index (χ1n) is 6.39. The van der Waals surface area contributed by atoms with Gasteiger partial charge in [-0.15, -0.1) is 0 Å². The van der Waals surface area contributed by atoms with E-state index in [4.69, 9.17) is 4.74 Å². The number of amides is 1. The van der Waals surface area contributed by atoms with Crippen molar-refractivity contribution in [3.8, 4) is 0 Å². The molecule has 2 unspecified atom stereocenters. The van der Waals surface area contributed by atoms with E-state index in [2.05, 4.69) is 5.32 Å². The van der Waals surface area contributed by atoms with Crippen molar-refractivity contribution in [1.29, 1.82) is 0 Å². The summed E-state index contributed by atoms with van der Waals surface area (Å²) in [5.74, 6) is 0.260. The Hall–Kier alpha value is -0.610. The average Bonchev–Trinajstić information content (AvgIpc) is 2.73. The molecular formula is C12H22N2O2. The van der Waals surface area contributed by atoms with Crippen molar-refractivity contribution in [1.82, 2.24) is 10.2 Å². The van der Waals surface area contributed by atoms with Gasteiger partial charge in [-0.25, -0.2) is 0 Å². The van der Waals surface area contributed by atoms with Crippen molar-refractivity contribution >= 4 is 5.91 Å². The molecule has 0 aromatic heterocycles. The van der Waals surface area contributed by atoms with Gasteiger partial charge in [0.25, 0.3) is 0 Å². The number of nitrogens with zero attached hydrogens (tertiary/aromatic N) is 1. The largest absolute Gasteiger partial charge is 0.376 e. The molecule has 0 bridgehead atoms. The molecule has 0 aromatic rings. The standard InChI is InChI=1S/C12H22N2O2/c1-13-11-6-2-3-7-14(12(11)15)9-10-5-4-8-16-10/h10-11,13H,2-9H2,1H3. The number of hydrogen-bond acceptors (Lipinski definition) is 3. The number of hydrogen-bond donors (Lipinski definition) is 1. The zero-order valence-electron chi connectivity index (χ0n) is 10.1. The minimum Gasteiger partial charge on any atom is -0.376 e. The fraction of sp³-hybridized carbons (Fsp3) is 0.917. The van der Waals surface area contributed by atoms with E-state index in [1.807, 2.05) is 11.9 Å². The second kappa shape index (κ2) is 5.64. The third-order valence-corrected chi connectivity index (χ3v) is 3.58. The maximum absolute atomic E-state index is 12.2. The van der Waals surface area contributed by atoms with E-state index in [0.29, 0.717) is 0 Å². The van der Waals surface area contributed by atoms with E-state index in [9.17, 15) is 4.79 Å². The highest BCUT2D eigenvalue weighted by Gasteiger charge is 2.28. The lowest BCUT2D eigenvalue weighted by Gasteiger charge is -2.26. The zero-order chi connectivity index (χ0) is 11.4. The lowest BCUT2D eigenvalue weighted by atomic mass is 10.1. The molecule has 2 fully saturated rings. The molecule has 0 aromatic carbocycles. The topological polar surface area (TPSA) is 41.6 Å². The SMILES string of the molecule is CNC1CCCCN(CC2CCCO2)C1=O. The first-order chi connectivity index (χ1) is 7.81. The quantitative estimate of drug-likeness (QED) is 0.772. The van der Waals surface area contributed by atoms with Gasteiger partial charge in [0, 0.05) is 19.7 Å². The molecule has 2 aliphatic rings. The lowest BCUT2D eigenvalue weighted by Crippen LogP contribution is -2.46. The number of nitrogens with one attached hydrogen (secondary N) is 1. The Morgan fingerprint density at radius 2 is 2.25 bits per heavy atom. The molecule has 1 N–H and O–H groups in total. The molecule has 0 radical (unpaired) electrons. The van der Waals surface area contributed by atoms with E-state index >= 15 is 0 Å². The van der Waals surface area contributed by atoms with Crippen LogP contribution in [-0.2, 0) is 9.53 Å². The Morgan fingerprint density at radius 1 is 1.38 bits per heavy atom. The van der Waals surface area contributed by atoms with E-state index in [-0.39, 0.29) is 18.1 Å². The summed E-state index contributed by atoms with van der Waals surface area (Å²) in [4.78, 5) is 14.2. The summed E-state index contributed by atoms with van der Waals surface area (Å²) < 4.78 is 5.60. The maximum atomic E-state index is 12.2. The molecular weight excluding hydrogens is 204 g/mol. The summed E-state index contributed by atoms with van der Waals surface area (Å²) in [6, 6.07) is 0.0175. The van der Waals surface area contributed by atoms with E-state index < -0.39 is 0 Å². The first kappa shape index (κ1) is 11.9. The molecule has 92 valence electrons. The maximum Gasteiger partial charge on any atom is 0.239 e. The van der Waals surface area contributed by atoms with Gasteiger partial charge in [-0.05, 0) is 39.2 Å². The van der Waals surface area contributed by atoms with Gasteiger partial charge in [0.05, 0.1) is 12.1 Å². The molecule has 2 atom stereocenters. The molecule has 0 spiro atoms. The van der Waals surface area contributed by atoms with Gasteiger partial charge >= 0.3 is 0 Å². The van der Waals surface area contributed by atoms with Crippen LogP contribution in [-0.4, -0.2) is 49.7 Å². The highest BCUT2D eigenvalue weighted by Crippen LogP contribution is 2.17. The Labute approximate surface area is 97.3 Å². The molecule has 2 saturated heterocycles. The van der Waals surface area contributed by atoms with Gasteiger partial charge in [0.1, 0.15) is 0 Å². The van der Waals surface area contributed by atoms with E-state index in [1.54, 1.807) is 0 Å². The number of carbonyl (C=O) groups excluding carboxylic acids is 1. The molecule has 2 rings (SSSR count). The van der Waals surface area contributed by atoms with Crippen molar-refractivity contribution in [3.05, 3.63) is 0 Å². The van der Waals surface area contributed by atoms with Crippen LogP contribution in [0.3, 0.4) is 0 Å². The lowest BCUT2D eigenvalue weighted by molar-refractivity contribution is -0.134. The predicted octanol–water partition coefficient (Wildman–Crippen LogP) is 0.766. The van der Waals surface area contributed by atoms with Crippen LogP contribution in [0.5, 0.6) is 0 Å². The van der Waals surface area contributed by atoms with Crippen LogP contribution in [0.1, 0.15) is 32.1 Å². The van der Waals surface area contributed by atoms with Crippen molar-refractivity contribution < 1.29 is 9.53 Å². The van der Waals surface area contributed by atoms with Gasteiger partial charge in [0.2, 0.25) is 5.91 Å². The smallest absolute Gasteiger partial charge is 0.239 e. The highest BCUT2D eigenvalue weighted by molar-refractivity contribution is 5.82. The Balaban J connectivity index is 1.92. The van der Waals surface area contributed by atoms with E-state index in [0.717, 1.165) is 51.8 Å². The molecule has 4 nitrogen and oxygen atoms in total. The molecule has 2 aliphatic heterocycles. The summed E-state index contributed by atoms with van der Waals surface area (Å²) in [6.07, 6.45) is 5.75. The second-order valence-corrected chi connectivity index (χ2v) is 4.76.